The van der Waals surface area contributed by atoms with Gasteiger partial charge in [-0.15, -0.1) is 0 Å². The fourth-order valence-electron chi connectivity index (χ4n) is 3.03. The summed E-state index contributed by atoms with van der Waals surface area (Å²) >= 11 is 0. The van der Waals surface area contributed by atoms with Crippen molar-refractivity contribution < 1.29 is 4.74 Å². The molecule has 16 heavy (non-hydrogen) atoms. The molecule has 2 atom stereocenters. The monoisotopic (exact) mass is 226 g/mol. The van der Waals surface area contributed by atoms with Gasteiger partial charge in [-0.05, 0) is 26.2 Å². The van der Waals surface area contributed by atoms with Crippen LogP contribution in [0.4, 0.5) is 0 Å². The summed E-state index contributed by atoms with van der Waals surface area (Å²) in [6, 6.07) is 1.28. The van der Waals surface area contributed by atoms with E-state index in [0.717, 1.165) is 13.2 Å². The second-order valence-corrected chi connectivity index (χ2v) is 5.91. The molecule has 0 bridgehead atoms. The van der Waals surface area contributed by atoms with Crippen molar-refractivity contribution in [1.82, 2.24) is 10.2 Å². The first kappa shape index (κ1) is 12.3. The van der Waals surface area contributed by atoms with Crippen molar-refractivity contribution >= 4 is 0 Å². The summed E-state index contributed by atoms with van der Waals surface area (Å²) in [7, 11) is 0. The third-order valence-corrected chi connectivity index (χ3v) is 3.94. The van der Waals surface area contributed by atoms with Crippen molar-refractivity contribution in [2.45, 2.75) is 57.7 Å². The highest BCUT2D eigenvalue weighted by Crippen LogP contribution is 2.29. The van der Waals surface area contributed by atoms with Crippen molar-refractivity contribution in [3.8, 4) is 0 Å². The van der Waals surface area contributed by atoms with Crippen LogP contribution in [0.3, 0.4) is 0 Å². The summed E-state index contributed by atoms with van der Waals surface area (Å²) in [6.45, 7) is 11.1. The summed E-state index contributed by atoms with van der Waals surface area (Å²) < 4.78 is 5.65. The molecule has 2 heterocycles. The minimum atomic E-state index is 0.297. The second-order valence-electron chi connectivity index (χ2n) is 5.91. The molecule has 2 saturated heterocycles. The number of nitrogens with one attached hydrogen (secondary N) is 1. The lowest BCUT2D eigenvalue weighted by Crippen LogP contribution is -2.52. The van der Waals surface area contributed by atoms with Crippen LogP contribution in [0.25, 0.3) is 0 Å². The van der Waals surface area contributed by atoms with E-state index in [0.29, 0.717) is 17.6 Å². The van der Waals surface area contributed by atoms with E-state index in [1.807, 2.05) is 0 Å². The third kappa shape index (κ3) is 2.76. The zero-order valence-electron chi connectivity index (χ0n) is 11.0. The van der Waals surface area contributed by atoms with Gasteiger partial charge in [0.15, 0.2) is 0 Å². The fourth-order valence-corrected chi connectivity index (χ4v) is 3.03. The quantitative estimate of drug-likeness (QED) is 0.791. The topological polar surface area (TPSA) is 24.5 Å². The van der Waals surface area contributed by atoms with E-state index < -0.39 is 0 Å². The molecule has 3 nitrogen and oxygen atoms in total. The normalized spacial score (nSPS) is 37.1. The minimum Gasteiger partial charge on any atom is -0.380 e. The largest absolute Gasteiger partial charge is 0.380 e. The number of rotatable bonds is 3. The van der Waals surface area contributed by atoms with Crippen molar-refractivity contribution in [2.75, 3.05) is 26.3 Å². The molecule has 3 heteroatoms. The molecule has 2 unspecified atom stereocenters. The standard InChI is InChI=1S/C13H26N2O/c1-11(2)14-12-5-7-15(9-12)13(3)6-4-8-16-10-13/h11-12,14H,4-10H2,1-3H3. The van der Waals surface area contributed by atoms with Crippen LogP contribution in [0.2, 0.25) is 0 Å². The van der Waals surface area contributed by atoms with Crippen LogP contribution in [-0.2, 0) is 4.74 Å². The van der Waals surface area contributed by atoms with Crippen LogP contribution in [0.5, 0.6) is 0 Å². The summed E-state index contributed by atoms with van der Waals surface area (Å²) in [5.74, 6) is 0. The molecule has 94 valence electrons. The van der Waals surface area contributed by atoms with Gasteiger partial charge in [-0.1, -0.05) is 13.8 Å². The molecule has 2 rings (SSSR count). The number of hydrogen-bond acceptors (Lipinski definition) is 3. The van der Waals surface area contributed by atoms with Crippen LogP contribution in [0.1, 0.15) is 40.0 Å². The predicted octanol–water partition coefficient (Wildman–Crippen LogP) is 1.63. The molecule has 2 fully saturated rings. The number of hydrogen-bond donors (Lipinski definition) is 1. The van der Waals surface area contributed by atoms with E-state index in [2.05, 4.69) is 31.0 Å². The highest BCUT2D eigenvalue weighted by Gasteiger charge is 2.38. The molecule has 2 aliphatic rings. The van der Waals surface area contributed by atoms with Gasteiger partial charge in [0.2, 0.25) is 0 Å². The Balaban J connectivity index is 1.87. The Kier molecular flexibility index (Phi) is 3.88. The maximum atomic E-state index is 5.65. The molecule has 2 aliphatic heterocycles. The summed E-state index contributed by atoms with van der Waals surface area (Å²) in [5, 5.41) is 3.65. The van der Waals surface area contributed by atoms with Crippen LogP contribution >= 0.6 is 0 Å². The highest BCUT2D eigenvalue weighted by atomic mass is 16.5. The number of ether oxygens (including phenoxy) is 1. The van der Waals surface area contributed by atoms with Gasteiger partial charge in [-0.3, -0.25) is 4.90 Å². The molecule has 0 spiro atoms. The SMILES string of the molecule is CC(C)NC1CCN(C2(C)CCCOC2)C1. The summed E-state index contributed by atoms with van der Waals surface area (Å²) in [6.07, 6.45) is 3.80. The highest BCUT2D eigenvalue weighted by molar-refractivity contribution is 4.94. The zero-order valence-corrected chi connectivity index (χ0v) is 11.0. The third-order valence-electron chi connectivity index (χ3n) is 3.94. The average Bonchev–Trinajstić information content (AvgIpc) is 2.67. The van der Waals surface area contributed by atoms with E-state index in [9.17, 15) is 0 Å². The van der Waals surface area contributed by atoms with Crippen molar-refractivity contribution in [3.63, 3.8) is 0 Å². The van der Waals surface area contributed by atoms with E-state index >= 15 is 0 Å². The van der Waals surface area contributed by atoms with Gasteiger partial charge < -0.3 is 10.1 Å². The van der Waals surface area contributed by atoms with E-state index in [4.69, 9.17) is 4.74 Å². The van der Waals surface area contributed by atoms with Crippen molar-refractivity contribution in [2.24, 2.45) is 0 Å². The first-order valence-corrected chi connectivity index (χ1v) is 6.69. The maximum absolute atomic E-state index is 5.65. The van der Waals surface area contributed by atoms with Gasteiger partial charge in [0.25, 0.3) is 0 Å². The van der Waals surface area contributed by atoms with E-state index in [-0.39, 0.29) is 0 Å². The van der Waals surface area contributed by atoms with Gasteiger partial charge in [-0.25, -0.2) is 0 Å². The molecule has 0 aromatic carbocycles. The second kappa shape index (κ2) is 5.03. The molecule has 0 radical (unpaired) electrons. The predicted molar refractivity (Wildman–Crippen MR) is 66.7 cm³/mol. The van der Waals surface area contributed by atoms with Gasteiger partial charge in [0.05, 0.1) is 6.61 Å². The number of nitrogens with zero attached hydrogens (tertiary/aromatic N) is 1. The average molecular weight is 226 g/mol. The molecule has 1 N–H and O–H groups in total. The Morgan fingerprint density at radius 1 is 1.44 bits per heavy atom. The molecule has 0 saturated carbocycles. The van der Waals surface area contributed by atoms with Crippen LogP contribution in [0, 0.1) is 0 Å². The lowest BCUT2D eigenvalue weighted by molar-refractivity contribution is -0.0309. The Labute approximate surface area is 99.5 Å². The van der Waals surface area contributed by atoms with Crippen molar-refractivity contribution in [3.05, 3.63) is 0 Å². The van der Waals surface area contributed by atoms with Crippen molar-refractivity contribution in [1.29, 1.82) is 0 Å². The number of likely N-dealkylation sites (tertiary alicyclic amines) is 1. The van der Waals surface area contributed by atoms with Gasteiger partial charge in [0, 0.05) is 37.3 Å². The molecular formula is C13H26N2O. The zero-order chi connectivity index (χ0) is 11.6. The Morgan fingerprint density at radius 3 is 2.88 bits per heavy atom. The maximum Gasteiger partial charge on any atom is 0.0647 e. The lowest BCUT2D eigenvalue weighted by Gasteiger charge is -2.41. The lowest BCUT2D eigenvalue weighted by atomic mass is 9.93. The first-order chi connectivity index (χ1) is 7.60. The van der Waals surface area contributed by atoms with E-state index in [1.54, 1.807) is 0 Å². The van der Waals surface area contributed by atoms with Crippen LogP contribution < -0.4 is 5.32 Å². The van der Waals surface area contributed by atoms with Gasteiger partial charge >= 0.3 is 0 Å². The van der Waals surface area contributed by atoms with Gasteiger partial charge in [0.1, 0.15) is 0 Å². The summed E-state index contributed by atoms with van der Waals surface area (Å²) in [5.41, 5.74) is 0.297. The van der Waals surface area contributed by atoms with Crippen LogP contribution in [0.15, 0.2) is 0 Å². The molecule has 0 aliphatic carbocycles. The van der Waals surface area contributed by atoms with E-state index in [1.165, 1.54) is 32.4 Å². The molecule has 0 aromatic heterocycles. The summed E-state index contributed by atoms with van der Waals surface area (Å²) in [4.78, 5) is 2.63. The molecular weight excluding hydrogens is 200 g/mol. The molecule has 0 aromatic rings. The van der Waals surface area contributed by atoms with Crippen LogP contribution in [-0.4, -0.2) is 48.8 Å². The minimum absolute atomic E-state index is 0.297. The smallest absolute Gasteiger partial charge is 0.0647 e. The Morgan fingerprint density at radius 2 is 2.25 bits per heavy atom. The molecule has 0 amide bonds. The fraction of sp³-hybridized carbons (Fsp3) is 1.00. The Hall–Kier alpha value is -0.120. The Bertz CT molecular complexity index is 224. The van der Waals surface area contributed by atoms with Gasteiger partial charge in [-0.2, -0.15) is 0 Å². The first-order valence-electron chi connectivity index (χ1n) is 6.69.